The number of hydrogen-bond acceptors (Lipinski definition) is 13. The summed E-state index contributed by atoms with van der Waals surface area (Å²) in [5.74, 6) is -3.99. The van der Waals surface area contributed by atoms with Gasteiger partial charge in [-0.25, -0.2) is 15.3 Å². The van der Waals surface area contributed by atoms with Gasteiger partial charge in [-0.15, -0.1) is 23.1 Å². The number of nitrogens with one attached hydrogen (secondary N) is 2. The zero-order valence-corrected chi connectivity index (χ0v) is 19.9. The summed E-state index contributed by atoms with van der Waals surface area (Å²) in [7, 11) is 1.23. The van der Waals surface area contributed by atoms with Crippen molar-refractivity contribution in [3.63, 3.8) is 0 Å². The third-order valence-corrected chi connectivity index (χ3v) is 6.55. The summed E-state index contributed by atoms with van der Waals surface area (Å²) in [6.45, 7) is 0.340. The van der Waals surface area contributed by atoms with Crippen molar-refractivity contribution in [2.45, 2.75) is 18.3 Å². The van der Waals surface area contributed by atoms with Crippen LogP contribution >= 0.6 is 23.1 Å². The highest BCUT2D eigenvalue weighted by molar-refractivity contribution is 8.00. The van der Waals surface area contributed by atoms with E-state index in [0.29, 0.717) is 0 Å². The fourth-order valence-corrected chi connectivity index (χ4v) is 4.97. The van der Waals surface area contributed by atoms with Crippen LogP contribution in [0.3, 0.4) is 0 Å². The monoisotopic (exact) mass is 528 g/mol. The van der Waals surface area contributed by atoms with Crippen LogP contribution in [-0.2, 0) is 38.4 Å². The lowest BCUT2D eigenvalue weighted by Gasteiger charge is -2.49. The number of anilines is 1. The number of thioether (sulfide) groups is 1. The number of carbonyl (C=O) groups excluding carboxylic acids is 4. The van der Waals surface area contributed by atoms with E-state index in [9.17, 15) is 29.1 Å². The number of nitrogens with two attached hydrogens (primary N) is 1. The van der Waals surface area contributed by atoms with Gasteiger partial charge >= 0.3 is 11.9 Å². The number of amides is 3. The van der Waals surface area contributed by atoms with Crippen molar-refractivity contribution in [2.24, 2.45) is 5.16 Å². The number of hydroxylamine groups is 1. The van der Waals surface area contributed by atoms with Crippen LogP contribution in [0.2, 0.25) is 0 Å². The minimum atomic E-state index is -1.36. The molecular formula is C18H20N6O9S2. The number of carboxylic acid groups (broad SMARTS) is 1. The second kappa shape index (κ2) is 11.2. The Kier molecular flexibility index (Phi) is 8.26. The molecule has 1 aromatic heterocycles. The zero-order chi connectivity index (χ0) is 25.7. The molecule has 17 heteroatoms. The van der Waals surface area contributed by atoms with E-state index < -0.39 is 47.7 Å². The highest BCUT2D eigenvalue weighted by Gasteiger charge is 2.54. The van der Waals surface area contributed by atoms with Gasteiger partial charge in [0.05, 0.1) is 7.11 Å². The van der Waals surface area contributed by atoms with Crippen LogP contribution in [0.4, 0.5) is 5.13 Å². The Morgan fingerprint density at radius 1 is 1.37 bits per heavy atom. The number of aromatic nitrogens is 1. The fraction of sp³-hybridized carbons (Fsp3) is 0.389. The molecule has 0 saturated carbocycles. The summed E-state index contributed by atoms with van der Waals surface area (Å²) in [4.78, 5) is 74.5. The average molecular weight is 529 g/mol. The van der Waals surface area contributed by atoms with E-state index >= 15 is 0 Å². The number of carboxylic acids is 1. The predicted octanol–water partition coefficient (Wildman–Crippen LogP) is -1.57. The molecule has 1 fully saturated rings. The van der Waals surface area contributed by atoms with Crippen LogP contribution in [0.15, 0.2) is 21.8 Å². The van der Waals surface area contributed by atoms with Gasteiger partial charge in [0.25, 0.3) is 17.7 Å². The third kappa shape index (κ3) is 5.87. The Labute approximate surface area is 205 Å². The van der Waals surface area contributed by atoms with E-state index in [1.807, 2.05) is 5.48 Å². The molecule has 188 valence electrons. The molecule has 3 heterocycles. The van der Waals surface area contributed by atoms with Crippen molar-refractivity contribution in [2.75, 3.05) is 31.8 Å². The second-order valence-electron chi connectivity index (χ2n) is 6.91. The Morgan fingerprint density at radius 2 is 2.11 bits per heavy atom. The number of esters is 1. The highest BCUT2D eigenvalue weighted by Crippen LogP contribution is 2.40. The molecule has 35 heavy (non-hydrogen) atoms. The maximum atomic E-state index is 12.9. The number of carbonyl (C=O) groups is 5. The molecule has 3 rings (SSSR count). The van der Waals surface area contributed by atoms with Gasteiger partial charge in [-0.2, -0.15) is 0 Å². The van der Waals surface area contributed by atoms with E-state index in [-0.39, 0.29) is 40.2 Å². The van der Waals surface area contributed by atoms with Crippen molar-refractivity contribution >= 4 is 63.6 Å². The molecule has 0 aliphatic carbocycles. The number of rotatable bonds is 10. The maximum absolute atomic E-state index is 12.9. The predicted molar refractivity (Wildman–Crippen MR) is 120 cm³/mol. The number of fused-ring (bicyclic) bond motifs is 1. The molecule has 0 bridgehead atoms. The first-order valence-electron chi connectivity index (χ1n) is 9.71. The summed E-state index contributed by atoms with van der Waals surface area (Å²) in [5.41, 5.74) is 7.30. The first-order valence-corrected chi connectivity index (χ1v) is 11.6. The first kappa shape index (κ1) is 25.9. The lowest BCUT2D eigenvalue weighted by Crippen LogP contribution is -2.71. The number of β-lactam (4-membered cyclic amide) rings is 1. The van der Waals surface area contributed by atoms with Gasteiger partial charge in [-0.1, -0.05) is 5.16 Å². The van der Waals surface area contributed by atoms with Crippen molar-refractivity contribution in [1.29, 1.82) is 0 Å². The van der Waals surface area contributed by atoms with Gasteiger partial charge < -0.3 is 25.7 Å². The van der Waals surface area contributed by atoms with Gasteiger partial charge in [-0.05, 0) is 0 Å². The minimum absolute atomic E-state index is 0.0480. The number of oxime groups is 1. The van der Waals surface area contributed by atoms with E-state index in [1.165, 1.54) is 31.2 Å². The Morgan fingerprint density at radius 3 is 2.71 bits per heavy atom. The van der Waals surface area contributed by atoms with Crippen LogP contribution in [0, 0.1) is 0 Å². The van der Waals surface area contributed by atoms with Crippen molar-refractivity contribution in [3.05, 3.63) is 22.3 Å². The number of ether oxygens (including phenoxy) is 1. The quantitative estimate of drug-likeness (QED) is 0.117. The van der Waals surface area contributed by atoms with Gasteiger partial charge in [0.15, 0.2) is 17.5 Å². The number of thiazole rings is 1. The lowest BCUT2D eigenvalue weighted by atomic mass is 10.0. The van der Waals surface area contributed by atoms with Gasteiger partial charge in [0, 0.05) is 23.6 Å². The molecule has 3 amide bonds. The maximum Gasteiger partial charge on any atom is 0.352 e. The summed E-state index contributed by atoms with van der Waals surface area (Å²) < 4.78 is 4.88. The SMILES string of the molecule is CONC(=O)CON=C(C(=O)N[C@H]1C(=O)N2C(C(=O)O)=C(COC(C)=O)CS[C@@H]12)c1csc(N)n1. The molecule has 0 aromatic carbocycles. The van der Waals surface area contributed by atoms with Crippen LogP contribution in [0.5, 0.6) is 0 Å². The number of nitrogen functional groups attached to an aromatic ring is 1. The molecular weight excluding hydrogens is 508 g/mol. The summed E-state index contributed by atoms with van der Waals surface area (Å²) in [5, 5.41) is 16.6. The van der Waals surface area contributed by atoms with Gasteiger partial charge in [0.1, 0.15) is 29.4 Å². The van der Waals surface area contributed by atoms with E-state index in [4.69, 9.17) is 15.3 Å². The molecule has 2 atom stereocenters. The van der Waals surface area contributed by atoms with Crippen LogP contribution in [-0.4, -0.2) is 87.9 Å². The van der Waals surface area contributed by atoms with E-state index in [2.05, 4.69) is 20.3 Å². The molecule has 0 spiro atoms. The average Bonchev–Trinajstić information content (AvgIpc) is 3.23. The molecule has 15 nitrogen and oxygen atoms in total. The first-order chi connectivity index (χ1) is 16.6. The number of nitrogens with zero attached hydrogens (tertiary/aromatic N) is 3. The molecule has 2 aliphatic rings. The van der Waals surface area contributed by atoms with E-state index in [1.54, 1.807) is 0 Å². The highest BCUT2D eigenvalue weighted by atomic mass is 32.2. The Hall–Kier alpha value is -3.70. The summed E-state index contributed by atoms with van der Waals surface area (Å²) in [6, 6.07) is -1.07. The topological polar surface area (TPSA) is 212 Å². The second-order valence-corrected chi connectivity index (χ2v) is 8.91. The van der Waals surface area contributed by atoms with Gasteiger partial charge in [-0.3, -0.25) is 28.9 Å². The Balaban J connectivity index is 1.75. The van der Waals surface area contributed by atoms with Gasteiger partial charge in [0.2, 0.25) is 0 Å². The summed E-state index contributed by atoms with van der Waals surface area (Å²) in [6.07, 6.45) is 0. The van der Waals surface area contributed by atoms with Crippen LogP contribution in [0.1, 0.15) is 12.6 Å². The molecule has 1 aromatic rings. The van der Waals surface area contributed by atoms with Crippen LogP contribution in [0.25, 0.3) is 0 Å². The van der Waals surface area contributed by atoms with Crippen LogP contribution < -0.4 is 16.5 Å². The smallest absolute Gasteiger partial charge is 0.352 e. The van der Waals surface area contributed by atoms with Crippen molar-refractivity contribution < 1.29 is 43.5 Å². The Bertz CT molecular complexity index is 1120. The minimum Gasteiger partial charge on any atom is -0.477 e. The molecule has 5 N–H and O–H groups in total. The number of hydrogen-bond donors (Lipinski definition) is 4. The molecule has 0 radical (unpaired) electrons. The molecule has 2 aliphatic heterocycles. The summed E-state index contributed by atoms with van der Waals surface area (Å²) >= 11 is 2.22. The van der Waals surface area contributed by atoms with Crippen molar-refractivity contribution in [1.82, 2.24) is 20.7 Å². The zero-order valence-electron chi connectivity index (χ0n) is 18.3. The lowest BCUT2D eigenvalue weighted by molar-refractivity contribution is -0.150. The van der Waals surface area contributed by atoms with Crippen molar-refractivity contribution in [3.8, 4) is 0 Å². The molecule has 0 unspecified atom stereocenters. The third-order valence-electron chi connectivity index (χ3n) is 4.53. The fourth-order valence-electron chi connectivity index (χ4n) is 3.09. The largest absolute Gasteiger partial charge is 0.477 e. The standard InChI is InChI=1S/C18H20N6O9S2/c1-7(25)32-3-8-5-34-16-12(15(28)24(16)13(8)17(29)30)21-14(27)11(9-6-35-18(19)20-9)23-33-4-10(26)22-31-2/h6,12,16H,3-5H2,1-2H3,(H2,19,20)(H,21,27)(H,22,26)(H,29,30)/t12-,16-/m0/s1. The molecule has 1 saturated heterocycles. The van der Waals surface area contributed by atoms with E-state index in [0.717, 1.165) is 16.2 Å². The number of aliphatic carboxylic acids is 1. The normalized spacial score (nSPS) is 19.4.